The lowest BCUT2D eigenvalue weighted by atomic mass is 9.77. The largest absolute Gasteiger partial charge is 0.497 e. The van der Waals surface area contributed by atoms with Gasteiger partial charge in [0, 0.05) is 43.3 Å². The number of amides is 1. The fraction of sp³-hybridized carbons (Fsp3) is 0.455. The quantitative estimate of drug-likeness (QED) is 0.768. The molecule has 1 amide bonds. The van der Waals surface area contributed by atoms with Gasteiger partial charge in [-0.3, -0.25) is 14.7 Å². The van der Waals surface area contributed by atoms with Gasteiger partial charge in [-0.1, -0.05) is 23.7 Å². The van der Waals surface area contributed by atoms with Crippen molar-refractivity contribution >= 4 is 17.5 Å². The van der Waals surface area contributed by atoms with E-state index in [1.807, 2.05) is 41.3 Å². The van der Waals surface area contributed by atoms with E-state index < -0.39 is 0 Å². The van der Waals surface area contributed by atoms with Gasteiger partial charge >= 0.3 is 0 Å². The maximum atomic E-state index is 12.6. The van der Waals surface area contributed by atoms with E-state index in [-0.39, 0.29) is 11.3 Å². The second-order valence-electron chi connectivity index (χ2n) is 8.02. The second-order valence-corrected chi connectivity index (χ2v) is 8.45. The number of ether oxygens (including phenoxy) is 1. The van der Waals surface area contributed by atoms with Gasteiger partial charge in [0.2, 0.25) is 5.91 Å². The number of methoxy groups -OCH3 is 1. The van der Waals surface area contributed by atoms with Crippen LogP contribution < -0.4 is 4.74 Å². The summed E-state index contributed by atoms with van der Waals surface area (Å²) in [6.45, 7) is 4.37. The van der Waals surface area contributed by atoms with E-state index >= 15 is 0 Å². The highest BCUT2D eigenvalue weighted by Crippen LogP contribution is 2.41. The van der Waals surface area contributed by atoms with Crippen molar-refractivity contribution in [1.29, 1.82) is 0 Å². The molecule has 28 heavy (non-hydrogen) atoms. The van der Waals surface area contributed by atoms with Crippen molar-refractivity contribution in [2.24, 2.45) is 5.41 Å². The molecule has 4 rings (SSSR count). The summed E-state index contributed by atoms with van der Waals surface area (Å²) in [6, 6.07) is 11.6. The lowest BCUT2D eigenvalue weighted by molar-refractivity contribution is -0.128. The molecule has 0 unspecified atom stereocenters. The number of halogens is 1. The SMILES string of the molecule is COc1ccnc(CN2CCC3(CC2)CC(=O)N(Cc2ccc(Cl)cc2)C3)c1. The Bertz CT molecular complexity index is 832. The molecule has 2 fully saturated rings. The van der Waals surface area contributed by atoms with Crippen LogP contribution in [-0.4, -0.2) is 47.4 Å². The molecule has 5 nitrogen and oxygen atoms in total. The third-order valence-electron chi connectivity index (χ3n) is 6.02. The van der Waals surface area contributed by atoms with Gasteiger partial charge in [-0.15, -0.1) is 0 Å². The predicted octanol–water partition coefficient (Wildman–Crippen LogP) is 3.76. The number of carbonyl (C=O) groups excluding carboxylic acids is 1. The third kappa shape index (κ3) is 4.31. The van der Waals surface area contributed by atoms with Gasteiger partial charge in [-0.05, 0) is 55.1 Å². The standard InChI is InChI=1S/C22H26ClN3O2/c1-28-20-6-9-24-19(12-20)15-25-10-7-22(8-11-25)13-21(27)26(16-22)14-17-2-4-18(23)5-3-17/h2-6,9,12H,7-8,10-11,13-16H2,1H3. The van der Waals surface area contributed by atoms with Gasteiger partial charge in [0.15, 0.2) is 0 Å². The Morgan fingerprint density at radius 1 is 1.14 bits per heavy atom. The summed E-state index contributed by atoms with van der Waals surface area (Å²) >= 11 is 5.97. The first-order valence-corrected chi connectivity index (χ1v) is 10.2. The Morgan fingerprint density at radius 3 is 2.61 bits per heavy atom. The van der Waals surface area contributed by atoms with E-state index in [2.05, 4.69) is 9.88 Å². The summed E-state index contributed by atoms with van der Waals surface area (Å²) in [6.07, 6.45) is 4.58. The van der Waals surface area contributed by atoms with Crippen molar-refractivity contribution in [3.8, 4) is 5.75 Å². The van der Waals surface area contributed by atoms with Crippen molar-refractivity contribution in [3.05, 3.63) is 58.9 Å². The molecule has 0 aliphatic carbocycles. The molecule has 6 heteroatoms. The Labute approximate surface area is 171 Å². The van der Waals surface area contributed by atoms with Gasteiger partial charge in [-0.25, -0.2) is 0 Å². The van der Waals surface area contributed by atoms with E-state index in [4.69, 9.17) is 16.3 Å². The van der Waals surface area contributed by atoms with Crippen LogP contribution in [0.1, 0.15) is 30.5 Å². The molecular weight excluding hydrogens is 374 g/mol. The zero-order valence-electron chi connectivity index (χ0n) is 16.2. The van der Waals surface area contributed by atoms with E-state index in [9.17, 15) is 4.79 Å². The first-order valence-electron chi connectivity index (χ1n) is 9.79. The molecule has 0 saturated carbocycles. The highest BCUT2D eigenvalue weighted by Gasteiger charge is 2.44. The minimum atomic E-state index is 0.127. The van der Waals surface area contributed by atoms with Crippen LogP contribution in [0.5, 0.6) is 5.75 Å². The molecule has 2 aliphatic heterocycles. The highest BCUT2D eigenvalue weighted by atomic mass is 35.5. The molecule has 1 spiro atoms. The predicted molar refractivity (Wildman–Crippen MR) is 109 cm³/mol. The molecule has 148 valence electrons. The van der Waals surface area contributed by atoms with Gasteiger partial charge < -0.3 is 9.64 Å². The Morgan fingerprint density at radius 2 is 1.89 bits per heavy atom. The van der Waals surface area contributed by atoms with Gasteiger partial charge in [0.25, 0.3) is 0 Å². The number of carbonyl (C=O) groups is 1. The van der Waals surface area contributed by atoms with Crippen molar-refractivity contribution in [1.82, 2.24) is 14.8 Å². The summed E-state index contributed by atoms with van der Waals surface area (Å²) in [5, 5.41) is 0.728. The van der Waals surface area contributed by atoms with Gasteiger partial charge in [0.1, 0.15) is 5.75 Å². The van der Waals surface area contributed by atoms with Crippen LogP contribution in [-0.2, 0) is 17.9 Å². The molecule has 3 heterocycles. The highest BCUT2D eigenvalue weighted by molar-refractivity contribution is 6.30. The topological polar surface area (TPSA) is 45.7 Å². The Hall–Kier alpha value is -2.11. The van der Waals surface area contributed by atoms with E-state index in [0.29, 0.717) is 13.0 Å². The maximum absolute atomic E-state index is 12.6. The summed E-state index contributed by atoms with van der Waals surface area (Å²) in [7, 11) is 1.68. The molecule has 0 radical (unpaired) electrons. The van der Waals surface area contributed by atoms with Crippen LogP contribution in [0.3, 0.4) is 0 Å². The van der Waals surface area contributed by atoms with Crippen molar-refractivity contribution in [2.75, 3.05) is 26.7 Å². The number of likely N-dealkylation sites (tertiary alicyclic amines) is 2. The van der Waals surface area contributed by atoms with Gasteiger partial charge in [-0.2, -0.15) is 0 Å². The van der Waals surface area contributed by atoms with Crippen LogP contribution in [0.15, 0.2) is 42.6 Å². The van der Waals surface area contributed by atoms with Crippen LogP contribution in [0.4, 0.5) is 0 Å². The average molecular weight is 400 g/mol. The van der Waals surface area contributed by atoms with Crippen molar-refractivity contribution < 1.29 is 9.53 Å². The number of hydrogen-bond donors (Lipinski definition) is 0. The Balaban J connectivity index is 1.33. The Kier molecular flexibility index (Phi) is 5.56. The molecule has 0 bridgehead atoms. The second kappa shape index (κ2) is 8.10. The first-order chi connectivity index (χ1) is 13.5. The summed E-state index contributed by atoms with van der Waals surface area (Å²) in [5.41, 5.74) is 2.29. The molecule has 1 aromatic heterocycles. The molecule has 0 atom stereocenters. The number of hydrogen-bond acceptors (Lipinski definition) is 4. The fourth-order valence-electron chi connectivity index (χ4n) is 4.35. The van der Waals surface area contributed by atoms with Crippen molar-refractivity contribution in [2.45, 2.75) is 32.4 Å². The first kappa shape index (κ1) is 19.2. The number of nitrogens with zero attached hydrogens (tertiary/aromatic N) is 3. The molecule has 2 aliphatic rings. The van der Waals surface area contributed by atoms with Crippen LogP contribution in [0.25, 0.3) is 0 Å². The monoisotopic (exact) mass is 399 g/mol. The fourth-order valence-corrected chi connectivity index (χ4v) is 4.48. The number of rotatable bonds is 5. The van der Waals surface area contributed by atoms with E-state index in [0.717, 1.165) is 61.1 Å². The lowest BCUT2D eigenvalue weighted by Gasteiger charge is -2.38. The molecule has 1 aromatic carbocycles. The molecule has 0 N–H and O–H groups in total. The number of benzene rings is 1. The average Bonchev–Trinajstić information content (AvgIpc) is 3.00. The van der Waals surface area contributed by atoms with Crippen molar-refractivity contribution in [3.63, 3.8) is 0 Å². The maximum Gasteiger partial charge on any atom is 0.223 e. The normalized spacial score (nSPS) is 19.4. The van der Waals surface area contributed by atoms with Gasteiger partial charge in [0.05, 0.1) is 12.8 Å². The summed E-state index contributed by atoms with van der Waals surface area (Å²) in [4.78, 5) is 21.5. The van der Waals surface area contributed by atoms with Crippen LogP contribution >= 0.6 is 11.6 Å². The summed E-state index contributed by atoms with van der Waals surface area (Å²) in [5.74, 6) is 1.12. The third-order valence-corrected chi connectivity index (χ3v) is 6.27. The van der Waals surface area contributed by atoms with E-state index in [1.54, 1.807) is 13.3 Å². The minimum Gasteiger partial charge on any atom is -0.497 e. The number of piperidine rings is 1. The minimum absolute atomic E-state index is 0.127. The number of pyridine rings is 1. The molecule has 2 aromatic rings. The smallest absolute Gasteiger partial charge is 0.223 e. The van der Waals surface area contributed by atoms with E-state index in [1.165, 1.54) is 0 Å². The lowest BCUT2D eigenvalue weighted by Crippen LogP contribution is -2.41. The van der Waals surface area contributed by atoms with Crippen LogP contribution in [0, 0.1) is 5.41 Å². The zero-order chi connectivity index (χ0) is 19.6. The number of aromatic nitrogens is 1. The summed E-state index contributed by atoms with van der Waals surface area (Å²) < 4.78 is 5.29. The zero-order valence-corrected chi connectivity index (χ0v) is 17.0. The van der Waals surface area contributed by atoms with Crippen LogP contribution in [0.2, 0.25) is 5.02 Å². The molecule has 2 saturated heterocycles. The molecular formula is C22H26ClN3O2.